The summed E-state index contributed by atoms with van der Waals surface area (Å²) in [5, 5.41) is 14.8. The van der Waals surface area contributed by atoms with Crippen molar-refractivity contribution in [2.45, 2.75) is 35.6 Å². The number of para-hydroxylation sites is 1. The maximum atomic E-state index is 12.9. The highest BCUT2D eigenvalue weighted by molar-refractivity contribution is 7.99. The number of nitrogens with zero attached hydrogens (tertiary/aromatic N) is 3. The Bertz CT molecular complexity index is 950. The summed E-state index contributed by atoms with van der Waals surface area (Å²) in [4.78, 5) is 15.0. The normalized spacial score (nSPS) is 14.8. The summed E-state index contributed by atoms with van der Waals surface area (Å²) in [7, 11) is 0. The second-order valence-electron chi connectivity index (χ2n) is 6.81. The third-order valence-corrected chi connectivity index (χ3v) is 5.99. The monoisotopic (exact) mass is 393 g/mol. The minimum atomic E-state index is -0.223. The van der Waals surface area contributed by atoms with E-state index in [9.17, 15) is 4.79 Å². The lowest BCUT2D eigenvalue weighted by atomic mass is 10.1. The van der Waals surface area contributed by atoms with E-state index in [1.54, 1.807) is 11.8 Å². The van der Waals surface area contributed by atoms with E-state index in [1.807, 2.05) is 54.1 Å². The second kappa shape index (κ2) is 8.58. The molecule has 1 aromatic heterocycles. The first kappa shape index (κ1) is 18.7. The molecule has 1 aliphatic rings. The number of rotatable bonds is 5. The minimum absolute atomic E-state index is 0.223. The van der Waals surface area contributed by atoms with Crippen molar-refractivity contribution in [2.24, 2.45) is 0 Å². The second-order valence-corrected chi connectivity index (χ2v) is 7.93. The highest BCUT2D eigenvalue weighted by Crippen LogP contribution is 2.33. The molecule has 3 aromatic rings. The van der Waals surface area contributed by atoms with Gasteiger partial charge in [-0.1, -0.05) is 47.3 Å². The number of hydrogen-bond acceptors (Lipinski definition) is 5. The van der Waals surface area contributed by atoms with Gasteiger partial charge in [0, 0.05) is 9.79 Å². The molecule has 28 heavy (non-hydrogen) atoms. The average molecular weight is 394 g/mol. The first-order valence-corrected chi connectivity index (χ1v) is 10.3. The molecule has 4 rings (SSSR count). The standard InChI is InChI=1S/C21H23N5OS/c1-15-20(24-25-26(15)16-11-13-22-14-12-16)21(27)23-18-9-5-6-10-19(18)28-17-7-3-2-4-8-17/h2-10,16,22H,11-14H2,1H3,(H,23,27). The van der Waals surface area contributed by atoms with Crippen LogP contribution in [0.15, 0.2) is 64.4 Å². The number of hydrogen-bond donors (Lipinski definition) is 2. The van der Waals surface area contributed by atoms with Crippen molar-refractivity contribution in [2.75, 3.05) is 18.4 Å². The molecule has 1 saturated heterocycles. The Labute approximate surface area is 168 Å². The van der Waals surface area contributed by atoms with Gasteiger partial charge in [-0.05, 0) is 57.1 Å². The lowest BCUT2D eigenvalue weighted by molar-refractivity contribution is 0.102. The quantitative estimate of drug-likeness (QED) is 0.688. The number of anilines is 1. The molecule has 1 fully saturated rings. The summed E-state index contributed by atoms with van der Waals surface area (Å²) in [6.45, 7) is 3.85. The zero-order valence-electron chi connectivity index (χ0n) is 15.8. The summed E-state index contributed by atoms with van der Waals surface area (Å²) in [5.74, 6) is -0.223. The predicted molar refractivity (Wildman–Crippen MR) is 111 cm³/mol. The van der Waals surface area contributed by atoms with Crippen LogP contribution in [0.25, 0.3) is 0 Å². The summed E-state index contributed by atoms with van der Waals surface area (Å²) < 4.78 is 1.90. The number of nitrogens with one attached hydrogen (secondary N) is 2. The Hall–Kier alpha value is -2.64. The van der Waals surface area contributed by atoms with Gasteiger partial charge >= 0.3 is 0 Å². The van der Waals surface area contributed by atoms with Crippen LogP contribution >= 0.6 is 11.8 Å². The van der Waals surface area contributed by atoms with Crippen LogP contribution in [0, 0.1) is 6.92 Å². The van der Waals surface area contributed by atoms with Gasteiger partial charge in [-0.3, -0.25) is 4.79 Å². The highest BCUT2D eigenvalue weighted by Gasteiger charge is 2.23. The van der Waals surface area contributed by atoms with Crippen molar-refractivity contribution in [3.8, 4) is 0 Å². The number of piperidine rings is 1. The Morgan fingerprint density at radius 2 is 1.82 bits per heavy atom. The molecule has 0 aliphatic carbocycles. The van der Waals surface area contributed by atoms with Gasteiger partial charge in [-0.25, -0.2) is 4.68 Å². The lowest BCUT2D eigenvalue weighted by Gasteiger charge is -2.23. The molecule has 0 radical (unpaired) electrons. The summed E-state index contributed by atoms with van der Waals surface area (Å²) >= 11 is 1.62. The number of aromatic nitrogens is 3. The van der Waals surface area contributed by atoms with Crippen LogP contribution in [0.1, 0.15) is 35.1 Å². The molecule has 2 aromatic carbocycles. The van der Waals surface area contributed by atoms with Gasteiger partial charge in [0.05, 0.1) is 17.4 Å². The third-order valence-electron chi connectivity index (χ3n) is 4.90. The van der Waals surface area contributed by atoms with Crippen LogP contribution in [-0.4, -0.2) is 34.0 Å². The molecule has 1 amide bonds. The van der Waals surface area contributed by atoms with Crippen LogP contribution in [0.4, 0.5) is 5.69 Å². The molecule has 6 nitrogen and oxygen atoms in total. The first-order chi connectivity index (χ1) is 13.7. The van der Waals surface area contributed by atoms with Crippen LogP contribution in [-0.2, 0) is 0 Å². The Kier molecular flexibility index (Phi) is 5.73. The largest absolute Gasteiger partial charge is 0.319 e. The molecule has 0 unspecified atom stereocenters. The van der Waals surface area contributed by atoms with Gasteiger partial charge in [0.2, 0.25) is 0 Å². The van der Waals surface area contributed by atoms with E-state index in [0.29, 0.717) is 11.7 Å². The van der Waals surface area contributed by atoms with Gasteiger partial charge in [-0.15, -0.1) is 5.10 Å². The fourth-order valence-corrected chi connectivity index (χ4v) is 4.33. The Balaban J connectivity index is 1.52. The predicted octanol–water partition coefficient (Wildman–Crippen LogP) is 3.91. The molecular formula is C21H23N5OS. The molecule has 2 heterocycles. The van der Waals surface area contributed by atoms with E-state index in [0.717, 1.165) is 47.1 Å². The number of benzene rings is 2. The number of carbonyl (C=O) groups excluding carboxylic acids is 1. The van der Waals surface area contributed by atoms with Crippen LogP contribution in [0.5, 0.6) is 0 Å². The smallest absolute Gasteiger partial charge is 0.278 e. The molecule has 0 bridgehead atoms. The van der Waals surface area contributed by atoms with Gasteiger partial charge in [0.15, 0.2) is 5.69 Å². The molecular weight excluding hydrogens is 370 g/mol. The molecule has 7 heteroatoms. The molecule has 1 aliphatic heterocycles. The minimum Gasteiger partial charge on any atom is -0.319 e. The highest BCUT2D eigenvalue weighted by atomic mass is 32.2. The van der Waals surface area contributed by atoms with Crippen molar-refractivity contribution in [1.29, 1.82) is 0 Å². The van der Waals surface area contributed by atoms with E-state index in [4.69, 9.17) is 0 Å². The fourth-order valence-electron chi connectivity index (χ4n) is 3.40. The molecule has 0 atom stereocenters. The summed E-state index contributed by atoms with van der Waals surface area (Å²) in [6.07, 6.45) is 2.00. The van der Waals surface area contributed by atoms with Crippen molar-refractivity contribution < 1.29 is 4.79 Å². The van der Waals surface area contributed by atoms with Gasteiger partial charge in [0.25, 0.3) is 5.91 Å². The van der Waals surface area contributed by atoms with Crippen molar-refractivity contribution >= 4 is 23.4 Å². The zero-order chi connectivity index (χ0) is 19.3. The summed E-state index contributed by atoms with van der Waals surface area (Å²) in [5.41, 5.74) is 1.98. The van der Waals surface area contributed by atoms with Crippen molar-refractivity contribution in [3.63, 3.8) is 0 Å². The maximum Gasteiger partial charge on any atom is 0.278 e. The zero-order valence-corrected chi connectivity index (χ0v) is 16.6. The topological polar surface area (TPSA) is 71.8 Å². The van der Waals surface area contributed by atoms with Gasteiger partial charge in [0.1, 0.15) is 0 Å². The fraction of sp³-hybridized carbons (Fsp3) is 0.286. The van der Waals surface area contributed by atoms with E-state index in [-0.39, 0.29) is 5.91 Å². The molecule has 0 spiro atoms. The van der Waals surface area contributed by atoms with Gasteiger partial charge in [-0.2, -0.15) is 0 Å². The molecule has 144 valence electrons. The van der Waals surface area contributed by atoms with Crippen molar-refractivity contribution in [1.82, 2.24) is 20.3 Å². The van der Waals surface area contributed by atoms with Crippen molar-refractivity contribution in [3.05, 3.63) is 66.0 Å². The first-order valence-electron chi connectivity index (χ1n) is 9.48. The van der Waals surface area contributed by atoms with Crippen LogP contribution in [0.2, 0.25) is 0 Å². The summed E-state index contributed by atoms with van der Waals surface area (Å²) in [6, 6.07) is 18.2. The van der Waals surface area contributed by atoms with Gasteiger partial charge < -0.3 is 10.6 Å². The molecule has 0 saturated carbocycles. The van der Waals surface area contributed by atoms with Crippen LogP contribution < -0.4 is 10.6 Å². The Morgan fingerprint density at radius 1 is 1.11 bits per heavy atom. The van der Waals surface area contributed by atoms with E-state index < -0.39 is 0 Å². The number of carbonyl (C=O) groups is 1. The van der Waals surface area contributed by atoms with E-state index in [2.05, 4.69) is 33.1 Å². The third kappa shape index (κ3) is 4.10. The average Bonchev–Trinajstić information content (AvgIpc) is 3.12. The Morgan fingerprint density at radius 3 is 2.61 bits per heavy atom. The van der Waals surface area contributed by atoms with E-state index in [1.165, 1.54) is 0 Å². The lowest BCUT2D eigenvalue weighted by Crippen LogP contribution is -2.30. The number of amides is 1. The maximum absolute atomic E-state index is 12.9. The van der Waals surface area contributed by atoms with Crippen LogP contribution in [0.3, 0.4) is 0 Å². The SMILES string of the molecule is Cc1c(C(=O)Nc2ccccc2Sc2ccccc2)nnn1C1CCNCC1. The van der Waals surface area contributed by atoms with E-state index >= 15 is 0 Å². The molecule has 2 N–H and O–H groups in total.